The summed E-state index contributed by atoms with van der Waals surface area (Å²) >= 11 is 0. The number of benzene rings is 1. The minimum absolute atomic E-state index is 0.0406. The molecule has 2 rings (SSSR count). The van der Waals surface area contributed by atoms with Gasteiger partial charge in [-0.05, 0) is 36.9 Å². The highest BCUT2D eigenvalue weighted by Gasteiger charge is 2.14. The first-order valence-corrected chi connectivity index (χ1v) is 6.36. The Morgan fingerprint density at radius 1 is 1.18 bits per heavy atom. The van der Waals surface area contributed by atoms with Crippen LogP contribution in [-0.2, 0) is 6.42 Å². The van der Waals surface area contributed by atoms with Crippen LogP contribution in [0.15, 0.2) is 24.3 Å². The van der Waals surface area contributed by atoms with Crippen molar-refractivity contribution < 1.29 is 8.78 Å². The molecule has 1 atom stereocenters. The average Bonchev–Trinajstić information content (AvgIpc) is 2.38. The molecule has 1 nitrogen and oxygen atoms in total. The highest BCUT2D eigenvalue weighted by atomic mass is 19.3. The molecule has 1 aromatic carbocycles. The third kappa shape index (κ3) is 3.77. The summed E-state index contributed by atoms with van der Waals surface area (Å²) in [4.78, 5) is 0. The van der Waals surface area contributed by atoms with E-state index in [1.54, 1.807) is 0 Å². The number of aryl methyl sites for hydroxylation is 1. The first kappa shape index (κ1) is 12.5. The molecule has 0 aromatic heterocycles. The molecule has 17 heavy (non-hydrogen) atoms. The second-order valence-electron chi connectivity index (χ2n) is 4.67. The summed E-state index contributed by atoms with van der Waals surface area (Å²) in [5.74, 6) is 0. The lowest BCUT2D eigenvalue weighted by Crippen LogP contribution is -2.26. The number of halogens is 2. The van der Waals surface area contributed by atoms with E-state index in [-0.39, 0.29) is 6.42 Å². The molecule has 0 saturated carbocycles. The van der Waals surface area contributed by atoms with Crippen LogP contribution in [0.5, 0.6) is 0 Å². The van der Waals surface area contributed by atoms with E-state index >= 15 is 0 Å². The lowest BCUT2D eigenvalue weighted by Gasteiger charge is -2.23. The Kier molecular flexibility index (Phi) is 4.49. The Morgan fingerprint density at radius 2 is 1.94 bits per heavy atom. The van der Waals surface area contributed by atoms with E-state index in [2.05, 4.69) is 17.4 Å². The number of nitrogens with one attached hydrogen (secondary N) is 1. The van der Waals surface area contributed by atoms with Gasteiger partial charge in [0.1, 0.15) is 0 Å². The van der Waals surface area contributed by atoms with Crippen molar-refractivity contribution in [3.63, 3.8) is 0 Å². The summed E-state index contributed by atoms with van der Waals surface area (Å²) in [5.41, 5.74) is 2.29. The van der Waals surface area contributed by atoms with E-state index in [0.29, 0.717) is 12.5 Å². The predicted octanol–water partition coefficient (Wildman–Crippen LogP) is 3.70. The van der Waals surface area contributed by atoms with Crippen LogP contribution in [0, 0.1) is 0 Å². The quantitative estimate of drug-likeness (QED) is 0.844. The molecule has 0 amide bonds. The number of rotatable bonds is 4. The van der Waals surface area contributed by atoms with Crippen molar-refractivity contribution >= 4 is 0 Å². The number of piperidine rings is 1. The minimum Gasteiger partial charge on any atom is -0.310 e. The van der Waals surface area contributed by atoms with Gasteiger partial charge < -0.3 is 5.32 Å². The SMILES string of the molecule is FC(F)CCc1ccc(C2CCCCN2)cc1. The van der Waals surface area contributed by atoms with Crippen LogP contribution in [0.3, 0.4) is 0 Å². The summed E-state index contributed by atoms with van der Waals surface area (Å²) in [5, 5.41) is 3.49. The van der Waals surface area contributed by atoms with Crippen LogP contribution in [-0.4, -0.2) is 13.0 Å². The van der Waals surface area contributed by atoms with Crippen molar-refractivity contribution in [3.05, 3.63) is 35.4 Å². The molecule has 1 heterocycles. The fraction of sp³-hybridized carbons (Fsp3) is 0.571. The van der Waals surface area contributed by atoms with E-state index in [1.807, 2.05) is 12.1 Å². The number of hydrogen-bond acceptors (Lipinski definition) is 1. The highest BCUT2D eigenvalue weighted by molar-refractivity contribution is 5.25. The van der Waals surface area contributed by atoms with E-state index < -0.39 is 6.43 Å². The fourth-order valence-electron chi connectivity index (χ4n) is 2.33. The van der Waals surface area contributed by atoms with Crippen LogP contribution in [0.2, 0.25) is 0 Å². The van der Waals surface area contributed by atoms with Crippen LogP contribution >= 0.6 is 0 Å². The first-order valence-electron chi connectivity index (χ1n) is 6.36. The van der Waals surface area contributed by atoms with Gasteiger partial charge in [0, 0.05) is 12.5 Å². The summed E-state index contributed by atoms with van der Waals surface area (Å²) in [6.07, 6.45) is 1.93. The average molecular weight is 239 g/mol. The Balaban J connectivity index is 1.92. The van der Waals surface area contributed by atoms with Gasteiger partial charge >= 0.3 is 0 Å². The van der Waals surface area contributed by atoms with Gasteiger partial charge in [-0.25, -0.2) is 8.78 Å². The maximum absolute atomic E-state index is 12.1. The number of alkyl halides is 2. The molecule has 1 aliphatic rings. The zero-order valence-electron chi connectivity index (χ0n) is 9.96. The van der Waals surface area contributed by atoms with Crippen molar-refractivity contribution in [2.45, 2.75) is 44.6 Å². The molecule has 0 aliphatic carbocycles. The van der Waals surface area contributed by atoms with Crippen LogP contribution < -0.4 is 5.32 Å². The normalized spacial score (nSPS) is 20.8. The minimum atomic E-state index is -2.20. The van der Waals surface area contributed by atoms with Gasteiger partial charge in [0.05, 0.1) is 0 Å². The third-order valence-electron chi connectivity index (χ3n) is 3.34. The molecule has 1 fully saturated rings. The lowest BCUT2D eigenvalue weighted by molar-refractivity contribution is 0.138. The van der Waals surface area contributed by atoms with Crippen LogP contribution in [0.1, 0.15) is 42.9 Å². The molecule has 1 saturated heterocycles. The fourth-order valence-corrected chi connectivity index (χ4v) is 2.33. The van der Waals surface area contributed by atoms with E-state index in [1.165, 1.54) is 24.8 Å². The van der Waals surface area contributed by atoms with Gasteiger partial charge in [-0.2, -0.15) is 0 Å². The maximum atomic E-state index is 12.1. The van der Waals surface area contributed by atoms with Gasteiger partial charge in [0.2, 0.25) is 6.43 Å². The molecule has 1 N–H and O–H groups in total. The van der Waals surface area contributed by atoms with Crippen molar-refractivity contribution in [1.29, 1.82) is 0 Å². The summed E-state index contributed by atoms with van der Waals surface area (Å²) in [6, 6.07) is 8.56. The number of hydrogen-bond donors (Lipinski definition) is 1. The Bertz CT molecular complexity index is 329. The molecular formula is C14H19F2N. The molecule has 0 bridgehead atoms. The predicted molar refractivity (Wildman–Crippen MR) is 65.4 cm³/mol. The van der Waals surface area contributed by atoms with Gasteiger partial charge in [-0.1, -0.05) is 30.7 Å². The molecule has 0 radical (unpaired) electrons. The van der Waals surface area contributed by atoms with Gasteiger partial charge in [0.25, 0.3) is 0 Å². The largest absolute Gasteiger partial charge is 0.310 e. The van der Waals surface area contributed by atoms with E-state index in [9.17, 15) is 8.78 Å². The van der Waals surface area contributed by atoms with E-state index in [4.69, 9.17) is 0 Å². The van der Waals surface area contributed by atoms with Crippen molar-refractivity contribution in [1.82, 2.24) is 5.32 Å². The smallest absolute Gasteiger partial charge is 0.239 e. The molecule has 1 aliphatic heterocycles. The lowest BCUT2D eigenvalue weighted by atomic mass is 9.96. The first-order chi connectivity index (χ1) is 8.25. The Hall–Kier alpha value is -0.960. The van der Waals surface area contributed by atoms with Crippen LogP contribution in [0.25, 0.3) is 0 Å². The van der Waals surface area contributed by atoms with Crippen molar-refractivity contribution in [2.24, 2.45) is 0 Å². The monoisotopic (exact) mass is 239 g/mol. The van der Waals surface area contributed by atoms with Crippen molar-refractivity contribution in [2.75, 3.05) is 6.54 Å². The molecule has 1 unspecified atom stereocenters. The van der Waals surface area contributed by atoms with Gasteiger partial charge in [-0.15, -0.1) is 0 Å². The molecule has 1 aromatic rings. The second-order valence-corrected chi connectivity index (χ2v) is 4.67. The van der Waals surface area contributed by atoms with E-state index in [0.717, 1.165) is 12.1 Å². The molecule has 3 heteroatoms. The van der Waals surface area contributed by atoms with Gasteiger partial charge in [-0.3, -0.25) is 0 Å². The maximum Gasteiger partial charge on any atom is 0.239 e. The summed E-state index contributed by atoms with van der Waals surface area (Å²) < 4.78 is 24.2. The molecule has 0 spiro atoms. The Labute approximate surface area is 101 Å². The zero-order valence-corrected chi connectivity index (χ0v) is 9.96. The third-order valence-corrected chi connectivity index (χ3v) is 3.34. The topological polar surface area (TPSA) is 12.0 Å². The van der Waals surface area contributed by atoms with Crippen molar-refractivity contribution in [3.8, 4) is 0 Å². The van der Waals surface area contributed by atoms with Crippen LogP contribution in [0.4, 0.5) is 8.78 Å². The molecule has 94 valence electrons. The standard InChI is InChI=1S/C14H19F2N/c15-14(16)9-6-11-4-7-12(8-5-11)13-3-1-2-10-17-13/h4-5,7-8,13-14,17H,1-3,6,9-10H2. The zero-order chi connectivity index (χ0) is 12.1. The molecular weight excluding hydrogens is 220 g/mol. The summed E-state index contributed by atoms with van der Waals surface area (Å²) in [7, 11) is 0. The second kappa shape index (κ2) is 6.10. The Morgan fingerprint density at radius 3 is 2.53 bits per heavy atom. The highest BCUT2D eigenvalue weighted by Crippen LogP contribution is 2.23. The summed E-state index contributed by atoms with van der Waals surface area (Å²) in [6.45, 7) is 1.08. The van der Waals surface area contributed by atoms with Gasteiger partial charge in [0.15, 0.2) is 0 Å².